The molecule has 0 aromatic carbocycles. The van der Waals surface area contributed by atoms with Crippen molar-refractivity contribution in [2.75, 3.05) is 26.3 Å². The first-order chi connectivity index (χ1) is 10.1. The van der Waals surface area contributed by atoms with Gasteiger partial charge in [-0.1, -0.05) is 0 Å². The van der Waals surface area contributed by atoms with Gasteiger partial charge in [-0.2, -0.15) is 0 Å². The molecule has 112 valence electrons. The van der Waals surface area contributed by atoms with E-state index in [1.54, 1.807) is 12.1 Å². The lowest BCUT2D eigenvalue weighted by atomic mass is 10.2. The second-order valence-electron chi connectivity index (χ2n) is 4.17. The molecule has 8 heteroatoms. The number of pyridine rings is 1. The predicted octanol–water partition coefficient (Wildman–Crippen LogP) is 0.189. The van der Waals surface area contributed by atoms with Crippen LogP contribution in [0.1, 0.15) is 17.3 Å². The molecule has 0 unspecified atom stereocenters. The normalized spacial score (nSPS) is 14.0. The number of hydrogen-bond donors (Lipinski definition) is 1. The molecule has 2 heterocycles. The molecule has 8 nitrogen and oxygen atoms in total. The summed E-state index contributed by atoms with van der Waals surface area (Å²) < 4.78 is 9.73. The maximum absolute atomic E-state index is 11.8. The Morgan fingerprint density at radius 2 is 2.29 bits per heavy atom. The molecule has 1 aromatic rings. The zero-order valence-corrected chi connectivity index (χ0v) is 11.5. The van der Waals surface area contributed by atoms with E-state index in [0.717, 1.165) is 4.90 Å². The lowest BCUT2D eigenvalue weighted by Gasteiger charge is -2.11. The highest BCUT2D eigenvalue weighted by atomic mass is 16.6. The fourth-order valence-corrected chi connectivity index (χ4v) is 1.73. The van der Waals surface area contributed by atoms with Gasteiger partial charge in [0.1, 0.15) is 0 Å². The SMILES string of the molecule is CCOc1ccc(C(=O)NCCN2C(=O)COC2=O)cn1. The summed E-state index contributed by atoms with van der Waals surface area (Å²) in [5.74, 6) is -0.304. The number of carbonyl (C=O) groups excluding carboxylic acids is 3. The van der Waals surface area contributed by atoms with Gasteiger partial charge >= 0.3 is 6.09 Å². The highest BCUT2D eigenvalue weighted by Gasteiger charge is 2.30. The van der Waals surface area contributed by atoms with Gasteiger partial charge in [0.05, 0.1) is 12.2 Å². The molecule has 0 spiro atoms. The molecule has 1 aliphatic heterocycles. The molecule has 1 N–H and O–H groups in total. The van der Waals surface area contributed by atoms with Crippen LogP contribution in [0.15, 0.2) is 18.3 Å². The summed E-state index contributed by atoms with van der Waals surface area (Å²) in [6, 6.07) is 3.18. The van der Waals surface area contributed by atoms with E-state index in [0.29, 0.717) is 18.1 Å². The van der Waals surface area contributed by atoms with Crippen molar-refractivity contribution in [3.05, 3.63) is 23.9 Å². The second kappa shape index (κ2) is 6.69. The molecule has 1 fully saturated rings. The average molecular weight is 293 g/mol. The number of aromatic nitrogens is 1. The minimum absolute atomic E-state index is 0.0772. The number of hydrogen-bond acceptors (Lipinski definition) is 6. The summed E-state index contributed by atoms with van der Waals surface area (Å²) in [7, 11) is 0. The van der Waals surface area contributed by atoms with Crippen molar-refractivity contribution < 1.29 is 23.9 Å². The first kappa shape index (κ1) is 14.8. The minimum Gasteiger partial charge on any atom is -0.478 e. The summed E-state index contributed by atoms with van der Waals surface area (Å²) in [5.41, 5.74) is 0.369. The molecule has 0 saturated carbocycles. The fourth-order valence-electron chi connectivity index (χ4n) is 1.73. The fraction of sp³-hybridized carbons (Fsp3) is 0.385. The Labute approximate surface area is 121 Å². The van der Waals surface area contributed by atoms with Crippen LogP contribution < -0.4 is 10.1 Å². The number of nitrogens with zero attached hydrogens (tertiary/aromatic N) is 2. The molecular formula is C13H15N3O5. The van der Waals surface area contributed by atoms with Crippen molar-refractivity contribution in [3.63, 3.8) is 0 Å². The lowest BCUT2D eigenvalue weighted by molar-refractivity contribution is -0.125. The molecule has 1 saturated heterocycles. The van der Waals surface area contributed by atoms with E-state index >= 15 is 0 Å². The standard InChI is InChI=1S/C13H15N3O5/c1-2-20-10-4-3-9(7-15-10)12(18)14-5-6-16-11(17)8-21-13(16)19/h3-4,7H,2,5-6,8H2,1H3,(H,14,18). The van der Waals surface area contributed by atoms with Crippen LogP contribution in [-0.4, -0.2) is 54.1 Å². The van der Waals surface area contributed by atoms with E-state index in [-0.39, 0.29) is 25.6 Å². The Morgan fingerprint density at radius 3 is 2.86 bits per heavy atom. The largest absolute Gasteiger partial charge is 0.478 e. The summed E-state index contributed by atoms with van der Waals surface area (Å²) in [6.45, 7) is 2.32. The first-order valence-corrected chi connectivity index (χ1v) is 6.46. The van der Waals surface area contributed by atoms with Gasteiger partial charge in [0, 0.05) is 25.4 Å². The topological polar surface area (TPSA) is 97.8 Å². The van der Waals surface area contributed by atoms with Crippen LogP contribution in [0.25, 0.3) is 0 Å². The van der Waals surface area contributed by atoms with Gasteiger partial charge in [0.2, 0.25) is 5.88 Å². The number of carbonyl (C=O) groups is 3. The summed E-state index contributed by atoms with van der Waals surface area (Å²) in [6.07, 6.45) is 0.715. The van der Waals surface area contributed by atoms with E-state index in [2.05, 4.69) is 15.0 Å². The number of nitrogens with one attached hydrogen (secondary N) is 1. The van der Waals surface area contributed by atoms with Crippen LogP contribution in [-0.2, 0) is 9.53 Å². The molecule has 21 heavy (non-hydrogen) atoms. The molecule has 1 aromatic heterocycles. The van der Waals surface area contributed by atoms with Crippen LogP contribution in [0, 0.1) is 0 Å². The third-order valence-electron chi connectivity index (χ3n) is 2.75. The van der Waals surface area contributed by atoms with Gasteiger partial charge in [-0.3, -0.25) is 9.59 Å². The van der Waals surface area contributed by atoms with Crippen molar-refractivity contribution in [1.29, 1.82) is 0 Å². The highest BCUT2D eigenvalue weighted by Crippen LogP contribution is 2.07. The van der Waals surface area contributed by atoms with Gasteiger partial charge in [-0.15, -0.1) is 0 Å². The van der Waals surface area contributed by atoms with Crippen LogP contribution in [0.5, 0.6) is 5.88 Å². The van der Waals surface area contributed by atoms with Crippen molar-refractivity contribution >= 4 is 17.9 Å². The highest BCUT2D eigenvalue weighted by molar-refractivity contribution is 5.98. The molecule has 3 amide bonds. The van der Waals surface area contributed by atoms with Gasteiger partial charge in [0.25, 0.3) is 11.8 Å². The molecular weight excluding hydrogens is 278 g/mol. The van der Waals surface area contributed by atoms with E-state index in [1.165, 1.54) is 6.20 Å². The molecule has 2 rings (SSSR count). The number of imide groups is 1. The zero-order chi connectivity index (χ0) is 15.2. The van der Waals surface area contributed by atoms with Crippen LogP contribution >= 0.6 is 0 Å². The second-order valence-corrected chi connectivity index (χ2v) is 4.17. The predicted molar refractivity (Wildman–Crippen MR) is 70.8 cm³/mol. The smallest absolute Gasteiger partial charge is 0.417 e. The molecule has 0 bridgehead atoms. The lowest BCUT2D eigenvalue weighted by Crippen LogP contribution is -2.37. The quantitative estimate of drug-likeness (QED) is 0.804. The maximum atomic E-state index is 11.8. The van der Waals surface area contributed by atoms with Crippen molar-refractivity contribution in [2.24, 2.45) is 0 Å². The Morgan fingerprint density at radius 1 is 1.48 bits per heavy atom. The average Bonchev–Trinajstić information content (AvgIpc) is 2.80. The first-order valence-electron chi connectivity index (χ1n) is 6.46. The summed E-state index contributed by atoms with van der Waals surface area (Å²) >= 11 is 0. The van der Waals surface area contributed by atoms with Gasteiger partial charge in [-0.25, -0.2) is 14.7 Å². The number of ether oxygens (including phenoxy) is 2. The van der Waals surface area contributed by atoms with Gasteiger partial charge in [0.15, 0.2) is 6.61 Å². The summed E-state index contributed by atoms with van der Waals surface area (Å²) in [5, 5.41) is 2.60. The van der Waals surface area contributed by atoms with Gasteiger partial charge in [-0.05, 0) is 13.0 Å². The third kappa shape index (κ3) is 3.68. The number of amides is 3. The van der Waals surface area contributed by atoms with Crippen molar-refractivity contribution in [3.8, 4) is 5.88 Å². The van der Waals surface area contributed by atoms with Crippen LogP contribution in [0.4, 0.5) is 4.79 Å². The number of cyclic esters (lactones) is 1. The van der Waals surface area contributed by atoms with Crippen LogP contribution in [0.2, 0.25) is 0 Å². The molecule has 0 aliphatic carbocycles. The monoisotopic (exact) mass is 293 g/mol. The van der Waals surface area contributed by atoms with E-state index in [4.69, 9.17) is 4.74 Å². The zero-order valence-electron chi connectivity index (χ0n) is 11.5. The van der Waals surface area contributed by atoms with Gasteiger partial charge < -0.3 is 14.8 Å². The minimum atomic E-state index is -0.683. The van der Waals surface area contributed by atoms with Crippen LogP contribution in [0.3, 0.4) is 0 Å². The Kier molecular flexibility index (Phi) is 4.70. The van der Waals surface area contributed by atoms with E-state index in [1.807, 2.05) is 6.92 Å². The Hall–Kier alpha value is -2.64. The maximum Gasteiger partial charge on any atom is 0.417 e. The van der Waals surface area contributed by atoms with E-state index in [9.17, 15) is 14.4 Å². The summed E-state index contributed by atoms with van der Waals surface area (Å²) in [4.78, 5) is 39.2. The molecule has 0 radical (unpaired) electrons. The molecule has 1 aliphatic rings. The van der Waals surface area contributed by atoms with Crippen molar-refractivity contribution in [2.45, 2.75) is 6.92 Å². The Bertz CT molecular complexity index is 527. The Balaban J connectivity index is 1.81. The van der Waals surface area contributed by atoms with Crippen molar-refractivity contribution in [1.82, 2.24) is 15.2 Å². The molecule has 0 atom stereocenters. The third-order valence-corrected chi connectivity index (χ3v) is 2.75. The number of rotatable bonds is 6. The van der Waals surface area contributed by atoms with E-state index < -0.39 is 12.0 Å².